The highest BCUT2D eigenvalue weighted by atomic mass is 16.5. The number of rotatable bonds is 14. The first-order valence-electron chi connectivity index (χ1n) is 19.1. The summed E-state index contributed by atoms with van der Waals surface area (Å²) in [6.07, 6.45) is 10.8. The van der Waals surface area contributed by atoms with Crippen LogP contribution in [-0.2, 0) is 21.4 Å². The number of pyridine rings is 2. The molecular weight excluding hydrogens is 713 g/mol. The van der Waals surface area contributed by atoms with Crippen LogP contribution in [0.4, 0.5) is 0 Å². The van der Waals surface area contributed by atoms with E-state index in [9.17, 15) is 24.0 Å². The summed E-state index contributed by atoms with van der Waals surface area (Å²) in [6, 6.07) is 16.0. The SMILES string of the molecule is C=C(CCCCCCCOc1ccc2c(c1)C(=O)N(C1CCC(=O)NC1=O)C2=O)C(=O)N1CC(Oc2ccc(-c3ccc4c5cnccc5n(C)c4c3)cn2)C1. The molecule has 286 valence electrons. The van der Waals surface area contributed by atoms with Crippen LogP contribution in [0.2, 0.25) is 0 Å². The van der Waals surface area contributed by atoms with E-state index in [-0.39, 0.29) is 36.0 Å². The third-order valence-corrected chi connectivity index (χ3v) is 10.9. The van der Waals surface area contributed by atoms with Crippen molar-refractivity contribution >= 4 is 51.3 Å². The molecule has 0 aliphatic carbocycles. The summed E-state index contributed by atoms with van der Waals surface area (Å²) in [5.74, 6) is -1.18. The molecule has 5 amide bonds. The number of hydrogen-bond donors (Lipinski definition) is 1. The smallest absolute Gasteiger partial charge is 0.262 e. The Balaban J connectivity index is 0.710. The number of benzene rings is 2. The van der Waals surface area contributed by atoms with Gasteiger partial charge in [-0.3, -0.25) is 39.2 Å². The zero-order valence-electron chi connectivity index (χ0n) is 31.2. The monoisotopic (exact) mass is 754 g/mol. The van der Waals surface area contributed by atoms with Crippen LogP contribution in [0.1, 0.15) is 72.1 Å². The topological polar surface area (TPSA) is 153 Å². The summed E-state index contributed by atoms with van der Waals surface area (Å²) in [4.78, 5) is 74.2. The number of carbonyl (C=O) groups excluding carboxylic acids is 5. The number of likely N-dealkylation sites (tertiary alicyclic amines) is 1. The zero-order valence-corrected chi connectivity index (χ0v) is 31.2. The largest absolute Gasteiger partial charge is 0.494 e. The first kappa shape index (κ1) is 36.6. The lowest BCUT2D eigenvalue weighted by molar-refractivity contribution is -0.137. The Kier molecular flexibility index (Phi) is 10.1. The van der Waals surface area contributed by atoms with Crippen molar-refractivity contribution in [2.75, 3.05) is 19.7 Å². The lowest BCUT2D eigenvalue weighted by atomic mass is 10.0. The van der Waals surface area contributed by atoms with Gasteiger partial charge >= 0.3 is 0 Å². The highest BCUT2D eigenvalue weighted by Gasteiger charge is 2.44. The van der Waals surface area contributed by atoms with Gasteiger partial charge in [0, 0.05) is 65.6 Å². The Bertz CT molecular complexity index is 2400. The number of imide groups is 2. The van der Waals surface area contributed by atoms with E-state index in [2.05, 4.69) is 51.7 Å². The van der Waals surface area contributed by atoms with Crippen LogP contribution in [0.15, 0.2) is 85.3 Å². The van der Waals surface area contributed by atoms with E-state index >= 15 is 0 Å². The van der Waals surface area contributed by atoms with Gasteiger partial charge in [-0.25, -0.2) is 4.98 Å². The Labute approximate surface area is 323 Å². The lowest BCUT2D eigenvalue weighted by Gasteiger charge is -2.39. The minimum Gasteiger partial charge on any atom is -0.494 e. The van der Waals surface area contributed by atoms with E-state index in [1.54, 1.807) is 17.0 Å². The van der Waals surface area contributed by atoms with E-state index in [0.717, 1.165) is 69.9 Å². The molecule has 1 unspecified atom stereocenters. The van der Waals surface area contributed by atoms with E-state index in [1.165, 1.54) is 6.07 Å². The highest BCUT2D eigenvalue weighted by molar-refractivity contribution is 6.23. The van der Waals surface area contributed by atoms with Gasteiger partial charge in [0.2, 0.25) is 23.6 Å². The molecule has 1 atom stereocenters. The normalized spacial score (nSPS) is 17.0. The number of nitrogens with zero attached hydrogens (tertiary/aromatic N) is 5. The number of piperidine rings is 1. The molecule has 13 nitrogen and oxygen atoms in total. The molecule has 3 aromatic heterocycles. The minimum atomic E-state index is -1.00. The maximum absolute atomic E-state index is 13.0. The number of aromatic nitrogens is 3. The van der Waals surface area contributed by atoms with Crippen molar-refractivity contribution in [3.8, 4) is 22.8 Å². The standard InChI is InChI=1S/C43H42N6O7/c1-26(8-6-4-3-5-7-19-55-29-11-13-32-33(21-29)43(54)49(42(32)53)36-14-15-38(50)46-40(36)51)41(52)48-24-30(25-48)56-39-16-10-28(22-45-39)27-9-12-31-34-23-44-18-17-35(34)47(2)37(31)20-27/h9-13,16-18,20-23,30,36H,1,3-8,14-15,19,24-25H2,2H3,(H,46,50,51). The van der Waals surface area contributed by atoms with Gasteiger partial charge in [0.15, 0.2) is 0 Å². The van der Waals surface area contributed by atoms with Crippen molar-refractivity contribution < 1.29 is 33.4 Å². The number of carbonyl (C=O) groups is 5. The van der Waals surface area contributed by atoms with Crippen LogP contribution in [0.5, 0.6) is 11.6 Å². The number of fused-ring (bicyclic) bond motifs is 4. The fourth-order valence-corrected chi connectivity index (χ4v) is 7.73. The fraction of sp³-hybridized carbons (Fsp3) is 0.326. The molecule has 13 heteroatoms. The molecule has 2 fully saturated rings. The average molecular weight is 755 g/mol. The third kappa shape index (κ3) is 7.12. The molecule has 0 bridgehead atoms. The highest BCUT2D eigenvalue weighted by Crippen LogP contribution is 2.33. The zero-order chi connectivity index (χ0) is 38.9. The molecule has 1 N–H and O–H groups in total. The summed E-state index contributed by atoms with van der Waals surface area (Å²) in [5, 5.41) is 4.50. The van der Waals surface area contributed by atoms with Crippen LogP contribution < -0.4 is 14.8 Å². The number of aryl methyl sites for hydroxylation is 1. The molecule has 2 aromatic carbocycles. The molecule has 2 saturated heterocycles. The molecule has 6 heterocycles. The molecular formula is C43H42N6O7. The maximum Gasteiger partial charge on any atom is 0.262 e. The predicted octanol–water partition coefficient (Wildman–Crippen LogP) is 5.76. The molecule has 0 radical (unpaired) electrons. The first-order valence-corrected chi connectivity index (χ1v) is 19.1. The van der Waals surface area contributed by atoms with Crippen molar-refractivity contribution in [2.24, 2.45) is 7.05 Å². The van der Waals surface area contributed by atoms with Crippen molar-refractivity contribution in [3.63, 3.8) is 0 Å². The molecule has 0 spiro atoms. The second kappa shape index (κ2) is 15.4. The van der Waals surface area contributed by atoms with Gasteiger partial charge < -0.3 is 18.9 Å². The van der Waals surface area contributed by atoms with E-state index < -0.39 is 29.7 Å². The minimum absolute atomic E-state index is 0.0316. The van der Waals surface area contributed by atoms with Gasteiger partial charge in [0.05, 0.1) is 36.3 Å². The van der Waals surface area contributed by atoms with Gasteiger partial charge in [-0.05, 0) is 67.6 Å². The van der Waals surface area contributed by atoms with E-state index in [4.69, 9.17) is 9.47 Å². The number of unbranched alkanes of at least 4 members (excludes halogenated alkanes) is 4. The molecule has 5 aromatic rings. The summed E-state index contributed by atoms with van der Waals surface area (Å²) in [7, 11) is 2.06. The quantitative estimate of drug-likeness (QED) is 0.0848. The molecule has 8 rings (SSSR count). The number of nitrogens with one attached hydrogen (secondary N) is 1. The fourth-order valence-electron chi connectivity index (χ4n) is 7.73. The number of amides is 5. The van der Waals surface area contributed by atoms with Crippen LogP contribution >= 0.6 is 0 Å². The maximum atomic E-state index is 13.0. The van der Waals surface area contributed by atoms with Crippen molar-refractivity contribution in [2.45, 2.75) is 63.5 Å². The van der Waals surface area contributed by atoms with Crippen LogP contribution in [0.3, 0.4) is 0 Å². The third-order valence-electron chi connectivity index (χ3n) is 10.9. The predicted molar refractivity (Wildman–Crippen MR) is 208 cm³/mol. The Morgan fingerprint density at radius 1 is 0.857 bits per heavy atom. The van der Waals surface area contributed by atoms with Gasteiger partial charge in [-0.15, -0.1) is 0 Å². The molecule has 3 aliphatic rings. The summed E-state index contributed by atoms with van der Waals surface area (Å²) in [5.41, 5.74) is 5.36. The Morgan fingerprint density at radius 3 is 2.45 bits per heavy atom. The first-order chi connectivity index (χ1) is 27.2. The molecule has 3 aliphatic heterocycles. The molecule has 56 heavy (non-hydrogen) atoms. The number of ether oxygens (including phenoxy) is 2. The van der Waals surface area contributed by atoms with E-state index in [0.29, 0.717) is 43.3 Å². The second-order valence-electron chi connectivity index (χ2n) is 14.6. The summed E-state index contributed by atoms with van der Waals surface area (Å²) in [6.45, 7) is 5.49. The second-order valence-corrected chi connectivity index (χ2v) is 14.6. The van der Waals surface area contributed by atoms with Crippen molar-refractivity contribution in [3.05, 3.63) is 96.5 Å². The Morgan fingerprint density at radius 2 is 1.64 bits per heavy atom. The van der Waals surface area contributed by atoms with Gasteiger partial charge in [0.25, 0.3) is 11.8 Å². The van der Waals surface area contributed by atoms with Gasteiger partial charge in [-0.1, -0.05) is 38.0 Å². The molecule has 0 saturated carbocycles. The average Bonchev–Trinajstić information content (AvgIpc) is 3.61. The van der Waals surface area contributed by atoms with Crippen LogP contribution in [0, 0.1) is 0 Å². The summed E-state index contributed by atoms with van der Waals surface area (Å²) >= 11 is 0. The van der Waals surface area contributed by atoms with Gasteiger partial charge in [-0.2, -0.15) is 0 Å². The summed E-state index contributed by atoms with van der Waals surface area (Å²) < 4.78 is 14.1. The lowest BCUT2D eigenvalue weighted by Crippen LogP contribution is -2.56. The van der Waals surface area contributed by atoms with Gasteiger partial charge in [0.1, 0.15) is 17.9 Å². The number of hydrogen-bond acceptors (Lipinski definition) is 9. The van der Waals surface area contributed by atoms with Crippen LogP contribution in [0.25, 0.3) is 32.9 Å². The van der Waals surface area contributed by atoms with Crippen molar-refractivity contribution in [1.29, 1.82) is 0 Å². The van der Waals surface area contributed by atoms with E-state index in [1.807, 2.05) is 36.8 Å². The van der Waals surface area contributed by atoms with Crippen molar-refractivity contribution in [1.82, 2.24) is 29.7 Å². The Hall–Kier alpha value is -6.37. The van der Waals surface area contributed by atoms with Crippen LogP contribution in [-0.4, -0.2) is 85.7 Å².